The maximum atomic E-state index is 13.9. The van der Waals surface area contributed by atoms with Gasteiger partial charge in [-0.25, -0.2) is 4.39 Å². The average Bonchev–Trinajstić information content (AvgIpc) is 3.50. The first kappa shape index (κ1) is 26.7. The Morgan fingerprint density at radius 2 is 2.00 bits per heavy atom. The van der Waals surface area contributed by atoms with Gasteiger partial charge >= 0.3 is 6.18 Å². The smallest absolute Gasteiger partial charge is 0.435 e. The number of aryl methyl sites for hydroxylation is 2. The molecule has 1 amide bonds. The lowest BCUT2D eigenvalue weighted by Crippen LogP contribution is -2.30. The summed E-state index contributed by atoms with van der Waals surface area (Å²) in [4.78, 5) is 15.2. The Balaban J connectivity index is 1.53. The van der Waals surface area contributed by atoms with Crippen LogP contribution in [-0.4, -0.2) is 39.8 Å². The number of hydrogen-bond acceptors (Lipinski definition) is 4. The van der Waals surface area contributed by atoms with Crippen molar-refractivity contribution in [2.75, 3.05) is 13.2 Å². The lowest BCUT2D eigenvalue weighted by Gasteiger charge is -2.21. The third-order valence-corrected chi connectivity index (χ3v) is 7.10. The van der Waals surface area contributed by atoms with Gasteiger partial charge in [-0.05, 0) is 79.1 Å². The number of aromatic nitrogens is 2. The summed E-state index contributed by atoms with van der Waals surface area (Å²) in [7, 11) is 0. The third-order valence-electron chi connectivity index (χ3n) is 7.10. The van der Waals surface area contributed by atoms with E-state index in [9.17, 15) is 22.4 Å². The molecular formula is C28H29F4N5O2. The molecule has 39 heavy (non-hydrogen) atoms. The largest absolute Gasteiger partial charge is 0.463 e. The molecule has 2 N–H and O–H groups in total. The van der Waals surface area contributed by atoms with E-state index in [1.165, 1.54) is 23.0 Å². The van der Waals surface area contributed by atoms with Gasteiger partial charge in [0.25, 0.3) is 11.9 Å². The number of amides is 1. The maximum absolute atomic E-state index is 13.9. The van der Waals surface area contributed by atoms with Crippen molar-refractivity contribution in [1.29, 1.82) is 5.41 Å². The first-order valence-electron chi connectivity index (χ1n) is 12.9. The minimum absolute atomic E-state index is 0.0262. The highest BCUT2D eigenvalue weighted by atomic mass is 19.4. The number of hydrogen-bond donors (Lipinski definition) is 2. The van der Waals surface area contributed by atoms with Gasteiger partial charge < -0.3 is 15.0 Å². The van der Waals surface area contributed by atoms with Crippen LogP contribution in [0.4, 0.5) is 17.6 Å². The van der Waals surface area contributed by atoms with E-state index in [1.807, 2.05) is 0 Å². The van der Waals surface area contributed by atoms with Crippen LogP contribution in [0.25, 0.3) is 11.1 Å². The van der Waals surface area contributed by atoms with E-state index in [-0.39, 0.29) is 53.6 Å². The summed E-state index contributed by atoms with van der Waals surface area (Å²) >= 11 is 0. The fourth-order valence-corrected chi connectivity index (χ4v) is 4.88. The van der Waals surface area contributed by atoms with Crippen molar-refractivity contribution < 1.29 is 27.1 Å². The van der Waals surface area contributed by atoms with E-state index in [4.69, 9.17) is 10.1 Å². The SMILES string of the molecule is CCn1cc(-c2cc(CN3CCOC3=N)cc(C(=O)N[C@H](c3ccc(F)c(C)c3)C3CC3)c2)c(C(F)(F)F)n1. The zero-order valence-electron chi connectivity index (χ0n) is 21.6. The molecule has 2 heterocycles. The van der Waals surface area contributed by atoms with E-state index in [0.29, 0.717) is 24.3 Å². The van der Waals surface area contributed by atoms with Crippen LogP contribution in [0.2, 0.25) is 0 Å². The number of ether oxygens (including phenoxy) is 1. The highest BCUT2D eigenvalue weighted by Gasteiger charge is 2.38. The molecule has 2 fully saturated rings. The molecule has 0 spiro atoms. The highest BCUT2D eigenvalue weighted by molar-refractivity contribution is 5.96. The Morgan fingerprint density at radius 1 is 1.23 bits per heavy atom. The van der Waals surface area contributed by atoms with Crippen molar-refractivity contribution in [3.63, 3.8) is 0 Å². The molecule has 5 rings (SSSR count). The molecule has 7 nitrogen and oxygen atoms in total. The van der Waals surface area contributed by atoms with Gasteiger partial charge in [-0.15, -0.1) is 0 Å². The van der Waals surface area contributed by atoms with Gasteiger partial charge in [-0.2, -0.15) is 18.3 Å². The number of amidine groups is 1. The molecule has 1 saturated carbocycles. The van der Waals surface area contributed by atoms with Gasteiger partial charge in [0, 0.05) is 30.4 Å². The molecule has 1 aliphatic heterocycles. The second-order valence-electron chi connectivity index (χ2n) is 10.0. The molecule has 0 unspecified atom stereocenters. The number of benzene rings is 2. The Kier molecular flexibility index (Phi) is 7.09. The summed E-state index contributed by atoms with van der Waals surface area (Å²) in [5.41, 5.74) is 1.06. The zero-order chi connectivity index (χ0) is 27.9. The maximum Gasteiger partial charge on any atom is 0.435 e. The number of carbonyl (C=O) groups excluding carboxylic acids is 1. The molecule has 1 saturated heterocycles. The molecule has 2 aromatic carbocycles. The average molecular weight is 544 g/mol. The molecule has 1 aliphatic carbocycles. The second kappa shape index (κ2) is 10.3. The summed E-state index contributed by atoms with van der Waals surface area (Å²) < 4.78 is 62.0. The summed E-state index contributed by atoms with van der Waals surface area (Å²) in [6.07, 6.45) is -1.53. The van der Waals surface area contributed by atoms with Crippen LogP contribution < -0.4 is 5.32 Å². The van der Waals surface area contributed by atoms with Crippen molar-refractivity contribution in [2.24, 2.45) is 5.92 Å². The predicted octanol–water partition coefficient (Wildman–Crippen LogP) is 5.68. The molecule has 11 heteroatoms. The minimum atomic E-state index is -4.68. The fourth-order valence-electron chi connectivity index (χ4n) is 4.88. The number of nitrogens with zero attached hydrogens (tertiary/aromatic N) is 3. The molecule has 206 valence electrons. The van der Waals surface area contributed by atoms with Crippen molar-refractivity contribution >= 4 is 11.9 Å². The standard InChI is InChI=1S/C28H29F4N5O2/c1-3-37-15-22(25(35-37)28(30,31)32)20-11-17(14-36-8-9-39-27(36)33)12-21(13-20)26(38)34-24(18-4-5-18)19-6-7-23(29)16(2)10-19/h6-7,10-13,15,18,24,33H,3-5,8-9,14H2,1-2H3,(H,34,38)/t24-/m0/s1. The summed E-state index contributed by atoms with van der Waals surface area (Å²) in [5, 5.41) is 14.7. The summed E-state index contributed by atoms with van der Waals surface area (Å²) in [5.74, 6) is -0.578. The van der Waals surface area contributed by atoms with Gasteiger partial charge in [0.1, 0.15) is 12.4 Å². The van der Waals surface area contributed by atoms with Crippen LogP contribution in [0.3, 0.4) is 0 Å². The van der Waals surface area contributed by atoms with Crippen LogP contribution in [0.15, 0.2) is 42.6 Å². The van der Waals surface area contributed by atoms with Crippen LogP contribution in [-0.2, 0) is 24.0 Å². The van der Waals surface area contributed by atoms with Crippen molar-refractivity contribution in [3.05, 3.63) is 76.4 Å². The Labute approximate surface area is 223 Å². The van der Waals surface area contributed by atoms with E-state index in [1.54, 1.807) is 43.0 Å². The van der Waals surface area contributed by atoms with Gasteiger partial charge in [0.05, 0.1) is 12.6 Å². The van der Waals surface area contributed by atoms with E-state index >= 15 is 0 Å². The van der Waals surface area contributed by atoms with E-state index < -0.39 is 17.8 Å². The highest BCUT2D eigenvalue weighted by Crippen LogP contribution is 2.42. The van der Waals surface area contributed by atoms with Gasteiger partial charge in [0.2, 0.25) is 0 Å². The first-order valence-corrected chi connectivity index (χ1v) is 12.9. The van der Waals surface area contributed by atoms with Crippen molar-refractivity contribution in [2.45, 2.75) is 52.0 Å². The Bertz CT molecular complexity index is 1410. The Morgan fingerprint density at radius 3 is 2.62 bits per heavy atom. The van der Waals surface area contributed by atoms with Crippen LogP contribution in [0.1, 0.15) is 58.5 Å². The second-order valence-corrected chi connectivity index (χ2v) is 10.0. The Hall–Kier alpha value is -3.89. The quantitative estimate of drug-likeness (QED) is 0.358. The van der Waals surface area contributed by atoms with Gasteiger partial charge in [0.15, 0.2) is 5.69 Å². The van der Waals surface area contributed by atoms with Gasteiger partial charge in [-0.3, -0.25) is 14.9 Å². The van der Waals surface area contributed by atoms with E-state index in [0.717, 1.165) is 18.4 Å². The summed E-state index contributed by atoms with van der Waals surface area (Å²) in [6, 6.07) is 9.03. The molecule has 0 radical (unpaired) electrons. The molecule has 1 aromatic heterocycles. The molecule has 3 aromatic rings. The normalized spacial score (nSPS) is 16.4. The number of rotatable bonds is 8. The number of alkyl halides is 3. The topological polar surface area (TPSA) is 83.2 Å². The number of nitrogens with one attached hydrogen (secondary N) is 2. The van der Waals surface area contributed by atoms with Crippen LogP contribution >= 0.6 is 0 Å². The molecule has 2 aliphatic rings. The number of carbonyl (C=O) groups is 1. The van der Waals surface area contributed by atoms with Crippen molar-refractivity contribution in [3.8, 4) is 11.1 Å². The van der Waals surface area contributed by atoms with Crippen LogP contribution in [0.5, 0.6) is 0 Å². The number of halogens is 4. The summed E-state index contributed by atoms with van der Waals surface area (Å²) in [6.45, 7) is 4.60. The van der Waals surface area contributed by atoms with E-state index in [2.05, 4.69) is 10.4 Å². The minimum Gasteiger partial charge on any atom is -0.463 e. The van der Waals surface area contributed by atoms with Gasteiger partial charge in [-0.1, -0.05) is 12.1 Å². The molecular weight excluding hydrogens is 514 g/mol. The molecule has 1 atom stereocenters. The monoisotopic (exact) mass is 543 g/mol. The lowest BCUT2D eigenvalue weighted by atomic mass is 9.97. The van der Waals surface area contributed by atoms with Crippen molar-refractivity contribution in [1.82, 2.24) is 20.0 Å². The third kappa shape index (κ3) is 5.76. The zero-order valence-corrected chi connectivity index (χ0v) is 21.6. The molecule has 0 bridgehead atoms. The fraction of sp³-hybridized carbons (Fsp3) is 0.393. The van der Waals surface area contributed by atoms with Crippen LogP contribution in [0, 0.1) is 24.1 Å². The predicted molar refractivity (Wildman–Crippen MR) is 136 cm³/mol. The lowest BCUT2D eigenvalue weighted by molar-refractivity contribution is -0.141. The first-order chi connectivity index (χ1) is 18.5.